The first-order chi connectivity index (χ1) is 7.31. The average Bonchev–Trinajstić information content (AvgIpc) is 2.59. The zero-order valence-corrected chi connectivity index (χ0v) is 8.33. The summed E-state index contributed by atoms with van der Waals surface area (Å²) in [5.41, 5.74) is 0. The molecule has 80 valence electrons. The molecule has 0 aromatic carbocycles. The Balaban J connectivity index is 1.80. The van der Waals surface area contributed by atoms with Crippen LogP contribution in [0.3, 0.4) is 0 Å². The van der Waals surface area contributed by atoms with Crippen LogP contribution >= 0.6 is 0 Å². The Labute approximate surface area is 87.7 Å². The number of hydrogen-bond acceptors (Lipinski definition) is 5. The lowest BCUT2D eigenvalue weighted by Crippen LogP contribution is -2.43. The normalized spacial score (nSPS) is 29.5. The first kappa shape index (κ1) is 8.91. The van der Waals surface area contributed by atoms with E-state index >= 15 is 0 Å². The maximum Gasteiger partial charge on any atom is 0.225 e. The van der Waals surface area contributed by atoms with Gasteiger partial charge in [-0.15, -0.1) is 0 Å². The first-order valence-corrected chi connectivity index (χ1v) is 5.23. The van der Waals surface area contributed by atoms with E-state index in [-0.39, 0.29) is 5.75 Å². The molecule has 2 unspecified atom stereocenters. The van der Waals surface area contributed by atoms with Crippen molar-refractivity contribution < 1.29 is 9.84 Å². The van der Waals surface area contributed by atoms with Crippen LogP contribution in [0, 0.1) is 0 Å². The van der Waals surface area contributed by atoms with Crippen molar-refractivity contribution >= 4 is 5.95 Å². The van der Waals surface area contributed by atoms with Crippen LogP contribution < -0.4 is 4.90 Å². The zero-order valence-electron chi connectivity index (χ0n) is 8.33. The van der Waals surface area contributed by atoms with Gasteiger partial charge in [-0.2, -0.15) is 0 Å². The summed E-state index contributed by atoms with van der Waals surface area (Å²) in [4.78, 5) is 10.3. The SMILES string of the molecule is Oc1cnc(N2CC3CCC(C2)O3)nc1. The minimum Gasteiger partial charge on any atom is -0.505 e. The molecular weight excluding hydrogens is 194 g/mol. The summed E-state index contributed by atoms with van der Waals surface area (Å²) >= 11 is 0. The van der Waals surface area contributed by atoms with Gasteiger partial charge in [-0.3, -0.25) is 0 Å². The minimum absolute atomic E-state index is 0.106. The molecule has 2 atom stereocenters. The van der Waals surface area contributed by atoms with Crippen LogP contribution in [0.2, 0.25) is 0 Å². The molecule has 0 saturated carbocycles. The van der Waals surface area contributed by atoms with Crippen molar-refractivity contribution in [2.45, 2.75) is 25.0 Å². The topological polar surface area (TPSA) is 58.5 Å². The zero-order chi connectivity index (χ0) is 10.3. The van der Waals surface area contributed by atoms with Crippen LogP contribution in [0.5, 0.6) is 5.75 Å². The molecule has 2 fully saturated rings. The van der Waals surface area contributed by atoms with E-state index in [1.807, 2.05) is 0 Å². The van der Waals surface area contributed by atoms with Gasteiger partial charge >= 0.3 is 0 Å². The first-order valence-electron chi connectivity index (χ1n) is 5.23. The fourth-order valence-electron chi connectivity index (χ4n) is 2.26. The fraction of sp³-hybridized carbons (Fsp3) is 0.600. The Morgan fingerprint density at radius 1 is 1.20 bits per heavy atom. The quantitative estimate of drug-likeness (QED) is 0.728. The summed E-state index contributed by atoms with van der Waals surface area (Å²) in [7, 11) is 0. The van der Waals surface area contributed by atoms with Crippen molar-refractivity contribution in [3.8, 4) is 5.75 Å². The molecule has 0 radical (unpaired) electrons. The third-order valence-corrected chi connectivity index (χ3v) is 2.95. The highest BCUT2D eigenvalue weighted by Crippen LogP contribution is 2.28. The number of aromatic nitrogens is 2. The van der Waals surface area contributed by atoms with E-state index in [4.69, 9.17) is 9.84 Å². The number of fused-ring (bicyclic) bond motifs is 2. The molecule has 2 bridgehead atoms. The third kappa shape index (κ3) is 1.63. The molecule has 0 aliphatic carbocycles. The number of anilines is 1. The Morgan fingerprint density at radius 3 is 2.40 bits per heavy atom. The molecular formula is C10H13N3O2. The Bertz CT molecular complexity index is 342. The molecule has 2 aliphatic heterocycles. The second-order valence-corrected chi connectivity index (χ2v) is 4.10. The number of morpholine rings is 1. The van der Waals surface area contributed by atoms with Crippen molar-refractivity contribution in [2.75, 3.05) is 18.0 Å². The number of ether oxygens (including phenoxy) is 1. The summed E-state index contributed by atoms with van der Waals surface area (Å²) in [6.07, 6.45) is 5.81. The Hall–Kier alpha value is -1.36. The second kappa shape index (κ2) is 3.34. The Kier molecular flexibility index (Phi) is 1.98. The Morgan fingerprint density at radius 2 is 1.80 bits per heavy atom. The van der Waals surface area contributed by atoms with Crippen molar-refractivity contribution in [3.63, 3.8) is 0 Å². The number of aromatic hydroxyl groups is 1. The van der Waals surface area contributed by atoms with Gasteiger partial charge in [-0.05, 0) is 12.8 Å². The lowest BCUT2D eigenvalue weighted by atomic mass is 10.2. The van der Waals surface area contributed by atoms with E-state index in [0.717, 1.165) is 25.9 Å². The number of hydrogen-bond donors (Lipinski definition) is 1. The maximum atomic E-state index is 9.10. The van der Waals surface area contributed by atoms with E-state index < -0.39 is 0 Å². The van der Waals surface area contributed by atoms with Gasteiger partial charge in [0.05, 0.1) is 24.6 Å². The lowest BCUT2D eigenvalue weighted by Gasteiger charge is -2.31. The van der Waals surface area contributed by atoms with E-state index in [2.05, 4.69) is 14.9 Å². The van der Waals surface area contributed by atoms with Gasteiger partial charge in [0.15, 0.2) is 5.75 Å². The highest BCUT2D eigenvalue weighted by Gasteiger charge is 2.34. The molecule has 3 rings (SSSR count). The fourth-order valence-corrected chi connectivity index (χ4v) is 2.26. The van der Waals surface area contributed by atoms with E-state index in [1.54, 1.807) is 0 Å². The second-order valence-electron chi connectivity index (χ2n) is 4.10. The number of nitrogens with zero attached hydrogens (tertiary/aromatic N) is 3. The molecule has 1 N–H and O–H groups in total. The molecule has 15 heavy (non-hydrogen) atoms. The molecule has 0 amide bonds. The summed E-state index contributed by atoms with van der Waals surface area (Å²) in [6, 6.07) is 0. The molecule has 0 spiro atoms. The van der Waals surface area contributed by atoms with Gasteiger partial charge in [0.25, 0.3) is 0 Å². The van der Waals surface area contributed by atoms with Crippen molar-refractivity contribution in [2.24, 2.45) is 0 Å². The van der Waals surface area contributed by atoms with Crippen molar-refractivity contribution in [3.05, 3.63) is 12.4 Å². The van der Waals surface area contributed by atoms with Crippen molar-refractivity contribution in [1.82, 2.24) is 9.97 Å². The largest absolute Gasteiger partial charge is 0.505 e. The maximum absolute atomic E-state index is 9.10. The summed E-state index contributed by atoms with van der Waals surface area (Å²) in [6.45, 7) is 1.72. The molecule has 1 aromatic heterocycles. The van der Waals surface area contributed by atoms with Gasteiger partial charge in [-0.1, -0.05) is 0 Å². The monoisotopic (exact) mass is 207 g/mol. The summed E-state index contributed by atoms with van der Waals surface area (Å²) in [5, 5.41) is 9.10. The minimum atomic E-state index is 0.106. The van der Waals surface area contributed by atoms with Crippen molar-refractivity contribution in [1.29, 1.82) is 0 Å². The molecule has 5 heteroatoms. The molecule has 2 aliphatic rings. The predicted octanol–water partition coefficient (Wildman–Crippen LogP) is 0.550. The van der Waals surface area contributed by atoms with Crippen LogP contribution in [0.1, 0.15) is 12.8 Å². The van der Waals surface area contributed by atoms with Crippen LogP contribution in [-0.2, 0) is 4.74 Å². The van der Waals surface area contributed by atoms with E-state index in [9.17, 15) is 0 Å². The van der Waals surface area contributed by atoms with Crippen LogP contribution in [0.4, 0.5) is 5.95 Å². The third-order valence-electron chi connectivity index (χ3n) is 2.95. The summed E-state index contributed by atoms with van der Waals surface area (Å²) < 4.78 is 5.73. The smallest absolute Gasteiger partial charge is 0.225 e. The molecule has 2 saturated heterocycles. The van der Waals surface area contributed by atoms with Gasteiger partial charge in [0.2, 0.25) is 5.95 Å². The average molecular weight is 207 g/mol. The predicted molar refractivity (Wildman–Crippen MR) is 53.8 cm³/mol. The van der Waals surface area contributed by atoms with Crippen LogP contribution in [-0.4, -0.2) is 40.4 Å². The molecule has 3 heterocycles. The highest BCUT2D eigenvalue weighted by molar-refractivity contribution is 5.32. The van der Waals surface area contributed by atoms with Gasteiger partial charge in [-0.25, -0.2) is 9.97 Å². The lowest BCUT2D eigenvalue weighted by molar-refractivity contribution is 0.0299. The van der Waals surface area contributed by atoms with Gasteiger partial charge < -0.3 is 14.7 Å². The molecule has 5 nitrogen and oxygen atoms in total. The summed E-state index contributed by atoms with van der Waals surface area (Å²) in [5.74, 6) is 0.794. The number of rotatable bonds is 1. The highest BCUT2D eigenvalue weighted by atomic mass is 16.5. The van der Waals surface area contributed by atoms with Gasteiger partial charge in [0, 0.05) is 13.1 Å². The van der Waals surface area contributed by atoms with E-state index in [1.165, 1.54) is 12.4 Å². The van der Waals surface area contributed by atoms with Crippen LogP contribution in [0.25, 0.3) is 0 Å². The standard InChI is InChI=1S/C10H13N3O2/c14-7-3-11-10(12-4-7)13-5-8-1-2-9(6-13)15-8/h3-4,8-9,14H,1-2,5-6H2. The molecule has 1 aromatic rings. The van der Waals surface area contributed by atoms with E-state index in [0.29, 0.717) is 18.2 Å². The van der Waals surface area contributed by atoms with Crippen LogP contribution in [0.15, 0.2) is 12.4 Å². The van der Waals surface area contributed by atoms with Gasteiger partial charge in [0.1, 0.15) is 0 Å².